The van der Waals surface area contributed by atoms with Gasteiger partial charge in [0.2, 0.25) is 0 Å². The Morgan fingerprint density at radius 3 is 2.12 bits per heavy atom. The van der Waals surface area contributed by atoms with Gasteiger partial charge in [0.25, 0.3) is 0 Å². The molecule has 0 saturated heterocycles. The SMILES string of the molecule is NC(C=O)C(O)C(O)C(O)COS(=O)(=O)O. The van der Waals surface area contributed by atoms with Crippen LogP contribution in [0.15, 0.2) is 0 Å². The lowest BCUT2D eigenvalue weighted by Gasteiger charge is -2.23. The second kappa shape index (κ2) is 6.20. The van der Waals surface area contributed by atoms with Gasteiger partial charge in [-0.3, -0.25) is 4.55 Å². The van der Waals surface area contributed by atoms with Crippen molar-refractivity contribution in [2.24, 2.45) is 5.73 Å². The van der Waals surface area contributed by atoms with Crippen molar-refractivity contribution in [1.29, 1.82) is 0 Å². The lowest BCUT2D eigenvalue weighted by molar-refractivity contribution is -0.117. The number of nitrogens with two attached hydrogens (primary N) is 1. The van der Waals surface area contributed by atoms with E-state index in [-0.39, 0.29) is 6.29 Å². The summed E-state index contributed by atoms with van der Waals surface area (Å²) in [6, 6.07) is -1.43. The van der Waals surface area contributed by atoms with Gasteiger partial charge in [-0.05, 0) is 0 Å². The molecule has 0 aliphatic carbocycles. The second-order valence-electron chi connectivity index (χ2n) is 2.97. The van der Waals surface area contributed by atoms with Gasteiger partial charge >= 0.3 is 10.4 Å². The molecule has 0 aromatic heterocycles. The lowest BCUT2D eigenvalue weighted by atomic mass is 10.0. The monoisotopic (exact) mass is 259 g/mol. The predicted octanol–water partition coefficient (Wildman–Crippen LogP) is -3.59. The summed E-state index contributed by atoms with van der Waals surface area (Å²) in [4.78, 5) is 10.1. The van der Waals surface area contributed by atoms with Crippen LogP contribution in [0.3, 0.4) is 0 Å². The smallest absolute Gasteiger partial charge is 0.388 e. The Morgan fingerprint density at radius 1 is 1.25 bits per heavy atom. The van der Waals surface area contributed by atoms with Crippen LogP contribution >= 0.6 is 0 Å². The molecule has 0 radical (unpaired) electrons. The first kappa shape index (κ1) is 15.4. The number of hydrogen-bond acceptors (Lipinski definition) is 8. The van der Waals surface area contributed by atoms with Crippen LogP contribution in [-0.2, 0) is 19.4 Å². The molecule has 0 fully saturated rings. The average molecular weight is 259 g/mol. The number of aldehydes is 1. The van der Waals surface area contributed by atoms with Crippen molar-refractivity contribution in [3.05, 3.63) is 0 Å². The van der Waals surface area contributed by atoms with Gasteiger partial charge < -0.3 is 25.8 Å². The highest BCUT2D eigenvalue weighted by Crippen LogP contribution is 2.04. The van der Waals surface area contributed by atoms with E-state index in [4.69, 9.17) is 20.5 Å². The molecule has 0 amide bonds. The maximum Gasteiger partial charge on any atom is 0.397 e. The molecule has 4 unspecified atom stereocenters. The highest BCUT2D eigenvalue weighted by Gasteiger charge is 2.30. The Morgan fingerprint density at radius 2 is 1.75 bits per heavy atom. The lowest BCUT2D eigenvalue weighted by Crippen LogP contribution is -2.50. The average Bonchev–Trinajstić information content (AvgIpc) is 2.21. The summed E-state index contributed by atoms with van der Waals surface area (Å²) in [6.45, 7) is -0.983. The number of aliphatic hydroxyl groups excluding tert-OH is 3. The third-order valence-corrected chi connectivity index (χ3v) is 2.12. The minimum absolute atomic E-state index is 0.143. The van der Waals surface area contributed by atoms with Crippen LogP contribution in [0.2, 0.25) is 0 Å². The van der Waals surface area contributed by atoms with Gasteiger partial charge in [0.15, 0.2) is 0 Å². The van der Waals surface area contributed by atoms with E-state index in [0.29, 0.717) is 0 Å². The number of rotatable bonds is 7. The zero-order valence-electron chi connectivity index (χ0n) is 8.00. The molecule has 16 heavy (non-hydrogen) atoms. The molecule has 0 aliphatic heterocycles. The van der Waals surface area contributed by atoms with Crippen LogP contribution in [-0.4, -0.2) is 65.5 Å². The summed E-state index contributed by atoms with van der Waals surface area (Å²) >= 11 is 0. The van der Waals surface area contributed by atoms with Crippen molar-refractivity contribution in [3.63, 3.8) is 0 Å². The molecule has 0 spiro atoms. The predicted molar refractivity (Wildman–Crippen MR) is 49.6 cm³/mol. The molecule has 10 heteroatoms. The third-order valence-electron chi connectivity index (χ3n) is 1.68. The van der Waals surface area contributed by atoms with Crippen molar-refractivity contribution in [1.82, 2.24) is 0 Å². The molecule has 4 atom stereocenters. The number of carbonyl (C=O) groups is 1. The molecule has 0 aromatic carbocycles. The Kier molecular flexibility index (Phi) is 5.96. The largest absolute Gasteiger partial charge is 0.397 e. The number of carbonyl (C=O) groups excluding carboxylic acids is 1. The summed E-state index contributed by atoms with van der Waals surface area (Å²) in [5, 5.41) is 27.5. The number of aliphatic hydroxyl groups is 3. The van der Waals surface area contributed by atoms with E-state index >= 15 is 0 Å². The zero-order chi connectivity index (χ0) is 12.9. The molecule has 0 saturated carbocycles. The summed E-state index contributed by atoms with van der Waals surface area (Å²) in [7, 11) is -4.76. The van der Waals surface area contributed by atoms with Crippen LogP contribution in [0.25, 0.3) is 0 Å². The molecule has 0 bridgehead atoms. The van der Waals surface area contributed by atoms with E-state index < -0.39 is 41.4 Å². The van der Waals surface area contributed by atoms with Crippen LogP contribution < -0.4 is 5.73 Å². The first-order valence-corrected chi connectivity index (χ1v) is 5.42. The van der Waals surface area contributed by atoms with Crippen molar-refractivity contribution >= 4 is 16.7 Å². The van der Waals surface area contributed by atoms with Gasteiger partial charge in [-0.15, -0.1) is 0 Å². The van der Waals surface area contributed by atoms with Gasteiger partial charge in [0.1, 0.15) is 24.6 Å². The summed E-state index contributed by atoms with van der Waals surface area (Å²) in [6.07, 6.45) is -5.35. The van der Waals surface area contributed by atoms with Gasteiger partial charge in [-0.25, -0.2) is 4.18 Å². The maximum absolute atomic E-state index is 10.1. The van der Waals surface area contributed by atoms with E-state index in [1.54, 1.807) is 0 Å². The molecule has 0 heterocycles. The first-order chi connectivity index (χ1) is 7.19. The summed E-state index contributed by atoms with van der Waals surface area (Å²) in [5.74, 6) is 0. The van der Waals surface area contributed by atoms with Crippen LogP contribution in [0.1, 0.15) is 0 Å². The Bertz CT molecular complexity index is 316. The van der Waals surface area contributed by atoms with Crippen LogP contribution in [0, 0.1) is 0 Å². The first-order valence-electron chi connectivity index (χ1n) is 4.06. The second-order valence-corrected chi connectivity index (χ2v) is 4.07. The fourth-order valence-corrected chi connectivity index (χ4v) is 1.10. The van der Waals surface area contributed by atoms with E-state index in [2.05, 4.69) is 4.18 Å². The number of hydrogen-bond donors (Lipinski definition) is 5. The van der Waals surface area contributed by atoms with Crippen molar-refractivity contribution in [2.45, 2.75) is 24.4 Å². The van der Waals surface area contributed by atoms with Gasteiger partial charge in [0.05, 0.1) is 12.6 Å². The Hall–Kier alpha value is -0.620. The highest BCUT2D eigenvalue weighted by molar-refractivity contribution is 7.80. The minimum Gasteiger partial charge on any atom is -0.388 e. The van der Waals surface area contributed by atoms with Crippen molar-refractivity contribution < 1.29 is 37.3 Å². The molecular formula is C6H13NO8S. The quantitative estimate of drug-likeness (QED) is 0.229. The highest BCUT2D eigenvalue weighted by atomic mass is 32.3. The van der Waals surface area contributed by atoms with E-state index in [0.717, 1.165) is 0 Å². The van der Waals surface area contributed by atoms with Gasteiger partial charge in [0, 0.05) is 0 Å². The normalized spacial score (nSPS) is 19.8. The molecule has 0 aromatic rings. The molecular weight excluding hydrogens is 246 g/mol. The molecule has 6 N–H and O–H groups in total. The van der Waals surface area contributed by atoms with E-state index in [1.807, 2.05) is 0 Å². The Balaban J connectivity index is 4.27. The van der Waals surface area contributed by atoms with Crippen LogP contribution in [0.4, 0.5) is 0 Å². The fraction of sp³-hybridized carbons (Fsp3) is 0.833. The van der Waals surface area contributed by atoms with Crippen LogP contribution in [0.5, 0.6) is 0 Å². The zero-order valence-corrected chi connectivity index (χ0v) is 8.82. The fourth-order valence-electron chi connectivity index (χ4n) is 0.790. The maximum atomic E-state index is 10.1. The van der Waals surface area contributed by atoms with Gasteiger partial charge in [-0.2, -0.15) is 8.42 Å². The molecule has 0 rings (SSSR count). The van der Waals surface area contributed by atoms with E-state index in [9.17, 15) is 18.3 Å². The van der Waals surface area contributed by atoms with Gasteiger partial charge in [-0.1, -0.05) is 0 Å². The topological polar surface area (TPSA) is 167 Å². The molecule has 0 aliphatic rings. The Labute approximate surface area is 91.4 Å². The third kappa shape index (κ3) is 5.46. The van der Waals surface area contributed by atoms with E-state index in [1.165, 1.54) is 0 Å². The minimum atomic E-state index is -4.76. The van der Waals surface area contributed by atoms with Crippen molar-refractivity contribution in [2.75, 3.05) is 6.61 Å². The molecule has 9 nitrogen and oxygen atoms in total. The molecule has 96 valence electrons. The van der Waals surface area contributed by atoms with Crippen molar-refractivity contribution in [3.8, 4) is 0 Å². The summed E-state index contributed by atoms with van der Waals surface area (Å²) in [5.41, 5.74) is 5.04. The standard InChI is InChI=1S/C6H13NO8S/c7-3(1-8)5(10)6(11)4(9)2-15-16(12,13)14/h1,3-6,9-11H,2,7H2,(H,12,13,14). The summed E-state index contributed by atoms with van der Waals surface area (Å²) < 4.78 is 32.1.